The number of carbonyl (C=O) groups is 1. The van der Waals surface area contributed by atoms with Crippen molar-refractivity contribution in [3.63, 3.8) is 0 Å². The molecule has 0 radical (unpaired) electrons. The molecular formula is C23H36N4O2. The zero-order chi connectivity index (χ0) is 20.5. The van der Waals surface area contributed by atoms with Crippen LogP contribution in [0.15, 0.2) is 29.3 Å². The molecule has 1 amide bonds. The molecule has 6 nitrogen and oxygen atoms in total. The number of likely N-dealkylation sites (tertiary alicyclic amines) is 1. The van der Waals surface area contributed by atoms with Crippen molar-refractivity contribution in [2.24, 2.45) is 10.9 Å². The molecule has 29 heavy (non-hydrogen) atoms. The van der Waals surface area contributed by atoms with Crippen molar-refractivity contribution < 1.29 is 9.53 Å². The molecule has 2 fully saturated rings. The van der Waals surface area contributed by atoms with E-state index in [0.29, 0.717) is 11.7 Å². The van der Waals surface area contributed by atoms with Gasteiger partial charge in [0.05, 0.1) is 6.10 Å². The summed E-state index contributed by atoms with van der Waals surface area (Å²) in [5.74, 6) is 1.71. The number of aliphatic imine (C=N–C) groups is 1. The second-order valence-electron chi connectivity index (χ2n) is 8.17. The molecule has 1 aliphatic carbocycles. The number of nitrogens with zero attached hydrogens (tertiary/aromatic N) is 2. The van der Waals surface area contributed by atoms with Crippen LogP contribution in [0, 0.1) is 5.92 Å². The summed E-state index contributed by atoms with van der Waals surface area (Å²) in [4.78, 5) is 18.6. The van der Waals surface area contributed by atoms with Crippen LogP contribution in [0.1, 0.15) is 54.4 Å². The van der Waals surface area contributed by atoms with Crippen LogP contribution >= 0.6 is 0 Å². The van der Waals surface area contributed by atoms with Crippen LogP contribution < -0.4 is 10.6 Å². The summed E-state index contributed by atoms with van der Waals surface area (Å²) >= 11 is 0. The average Bonchev–Trinajstić information content (AvgIpc) is 3.29. The third kappa shape index (κ3) is 6.46. The molecule has 6 heteroatoms. The van der Waals surface area contributed by atoms with Crippen LogP contribution in [0.3, 0.4) is 0 Å². The highest BCUT2D eigenvalue weighted by Crippen LogP contribution is 2.26. The van der Waals surface area contributed by atoms with Gasteiger partial charge in [0.25, 0.3) is 5.91 Å². The van der Waals surface area contributed by atoms with Crippen molar-refractivity contribution in [3.8, 4) is 0 Å². The van der Waals surface area contributed by atoms with E-state index in [2.05, 4.69) is 26.6 Å². The first-order valence-corrected chi connectivity index (χ1v) is 11.1. The van der Waals surface area contributed by atoms with Crippen LogP contribution in [0.2, 0.25) is 0 Å². The molecule has 1 heterocycles. The summed E-state index contributed by atoms with van der Waals surface area (Å²) < 4.78 is 6.19. The lowest BCUT2D eigenvalue weighted by Crippen LogP contribution is -2.47. The minimum absolute atomic E-state index is 0.0476. The minimum Gasteiger partial charge on any atom is -0.378 e. The summed E-state index contributed by atoms with van der Waals surface area (Å²) in [6, 6.07) is 7.79. The smallest absolute Gasteiger partial charge is 0.251 e. The van der Waals surface area contributed by atoms with Crippen molar-refractivity contribution >= 4 is 11.9 Å². The Labute approximate surface area is 175 Å². The Bertz CT molecular complexity index is 677. The van der Waals surface area contributed by atoms with E-state index in [4.69, 9.17) is 4.74 Å². The summed E-state index contributed by atoms with van der Waals surface area (Å²) in [5, 5.41) is 6.15. The molecule has 160 valence electrons. The van der Waals surface area contributed by atoms with Gasteiger partial charge in [-0.3, -0.25) is 9.79 Å². The van der Waals surface area contributed by atoms with Gasteiger partial charge in [0.1, 0.15) is 0 Å². The van der Waals surface area contributed by atoms with Crippen LogP contribution in [0.4, 0.5) is 0 Å². The maximum atomic E-state index is 11.8. The van der Waals surface area contributed by atoms with E-state index in [1.807, 2.05) is 25.2 Å². The van der Waals surface area contributed by atoms with Gasteiger partial charge in [0.2, 0.25) is 0 Å². The number of hydrogen-bond acceptors (Lipinski definition) is 3. The molecule has 0 atom stereocenters. The average molecular weight is 401 g/mol. The van der Waals surface area contributed by atoms with Crippen LogP contribution in [0.25, 0.3) is 0 Å². The predicted octanol–water partition coefficient (Wildman–Crippen LogP) is 2.84. The van der Waals surface area contributed by atoms with E-state index in [1.54, 1.807) is 7.05 Å². The molecule has 1 aliphatic heterocycles. The number of nitrogens with one attached hydrogen (secondary N) is 2. The Morgan fingerprint density at radius 1 is 1.21 bits per heavy atom. The highest BCUT2D eigenvalue weighted by Gasteiger charge is 2.23. The van der Waals surface area contributed by atoms with Crippen molar-refractivity contribution in [2.75, 3.05) is 40.3 Å². The van der Waals surface area contributed by atoms with Crippen molar-refractivity contribution in [1.29, 1.82) is 0 Å². The van der Waals surface area contributed by atoms with Crippen LogP contribution in [-0.4, -0.2) is 63.2 Å². The van der Waals surface area contributed by atoms with Crippen molar-refractivity contribution in [1.82, 2.24) is 15.5 Å². The van der Waals surface area contributed by atoms with Gasteiger partial charge >= 0.3 is 0 Å². The molecule has 0 aromatic heterocycles. The molecule has 1 saturated heterocycles. The Morgan fingerprint density at radius 3 is 2.66 bits per heavy atom. The van der Waals surface area contributed by atoms with Crippen molar-refractivity contribution in [3.05, 3.63) is 35.4 Å². The lowest BCUT2D eigenvalue weighted by atomic mass is 10.1. The molecule has 0 unspecified atom stereocenters. The van der Waals surface area contributed by atoms with Gasteiger partial charge in [-0.25, -0.2) is 0 Å². The third-order valence-electron chi connectivity index (χ3n) is 6.11. The lowest BCUT2D eigenvalue weighted by Gasteiger charge is -2.34. The second kappa shape index (κ2) is 11.2. The molecule has 3 rings (SSSR count). The summed E-state index contributed by atoms with van der Waals surface area (Å²) in [6.45, 7) is 3.72. The molecule has 1 aromatic rings. The topological polar surface area (TPSA) is 66.0 Å². The van der Waals surface area contributed by atoms with Gasteiger partial charge in [-0.15, -0.1) is 0 Å². The molecule has 1 aromatic carbocycles. The van der Waals surface area contributed by atoms with E-state index in [1.165, 1.54) is 25.7 Å². The molecule has 2 N–H and O–H groups in total. The number of amides is 1. The second-order valence-corrected chi connectivity index (χ2v) is 8.17. The highest BCUT2D eigenvalue weighted by molar-refractivity contribution is 5.94. The first-order valence-electron chi connectivity index (χ1n) is 11.1. The zero-order valence-corrected chi connectivity index (χ0v) is 18.0. The Kier molecular flexibility index (Phi) is 8.35. The number of rotatable bonds is 7. The fourth-order valence-electron chi connectivity index (χ4n) is 4.35. The SMILES string of the molecule is CN=C(NCCc1cccc(C(=O)NC)c1)N1CCC(OCC2CCCC2)CC1. The van der Waals surface area contributed by atoms with Crippen molar-refractivity contribution in [2.45, 2.75) is 51.0 Å². The lowest BCUT2D eigenvalue weighted by molar-refractivity contribution is 0.00103. The van der Waals surface area contributed by atoms with Gasteiger partial charge in [-0.1, -0.05) is 25.0 Å². The first kappa shape index (κ1) is 21.6. The summed E-state index contributed by atoms with van der Waals surface area (Å²) in [7, 11) is 3.50. The van der Waals surface area contributed by atoms with E-state index < -0.39 is 0 Å². The highest BCUT2D eigenvalue weighted by atomic mass is 16.5. The van der Waals surface area contributed by atoms with E-state index in [-0.39, 0.29) is 5.91 Å². The Hall–Kier alpha value is -2.08. The number of benzene rings is 1. The standard InChI is InChI=1S/C23H36N4O2/c1-24-22(28)20-9-5-8-18(16-20)10-13-26-23(25-2)27-14-11-21(12-15-27)29-17-19-6-3-4-7-19/h5,8-9,16,19,21H,3-4,6-7,10-15,17H2,1-2H3,(H,24,28)(H,25,26). The normalized spacial score (nSPS) is 18.8. The van der Waals surface area contributed by atoms with Gasteiger partial charge in [0.15, 0.2) is 5.96 Å². The van der Waals surface area contributed by atoms with E-state index >= 15 is 0 Å². The van der Waals surface area contributed by atoms with Crippen LogP contribution in [0.5, 0.6) is 0 Å². The number of guanidine groups is 1. The van der Waals surface area contributed by atoms with E-state index in [0.717, 1.165) is 62.9 Å². The van der Waals surface area contributed by atoms with Gasteiger partial charge < -0.3 is 20.3 Å². The first-order chi connectivity index (χ1) is 14.2. The molecule has 0 spiro atoms. The monoisotopic (exact) mass is 400 g/mol. The Balaban J connectivity index is 1.39. The fraction of sp³-hybridized carbons (Fsp3) is 0.652. The van der Waals surface area contributed by atoms with E-state index in [9.17, 15) is 4.79 Å². The van der Waals surface area contributed by atoms with Crippen LogP contribution in [-0.2, 0) is 11.2 Å². The number of carbonyl (C=O) groups excluding carboxylic acids is 1. The largest absolute Gasteiger partial charge is 0.378 e. The summed E-state index contributed by atoms with van der Waals surface area (Å²) in [6.07, 6.45) is 8.85. The minimum atomic E-state index is -0.0476. The van der Waals surface area contributed by atoms with Gasteiger partial charge in [-0.05, 0) is 55.7 Å². The third-order valence-corrected chi connectivity index (χ3v) is 6.11. The summed E-state index contributed by atoms with van der Waals surface area (Å²) in [5.41, 5.74) is 1.85. The molecule has 0 bridgehead atoms. The van der Waals surface area contributed by atoms with Gasteiger partial charge in [-0.2, -0.15) is 0 Å². The number of hydrogen-bond donors (Lipinski definition) is 2. The molecular weight excluding hydrogens is 364 g/mol. The molecule has 1 saturated carbocycles. The molecule has 2 aliphatic rings. The van der Waals surface area contributed by atoms with Gasteiger partial charge in [0, 0.05) is 45.9 Å². The number of piperidine rings is 1. The predicted molar refractivity (Wildman–Crippen MR) is 117 cm³/mol. The zero-order valence-electron chi connectivity index (χ0n) is 18.0. The number of ether oxygens (including phenoxy) is 1. The maximum Gasteiger partial charge on any atom is 0.251 e. The quantitative estimate of drug-likeness (QED) is 0.546. The fourth-order valence-corrected chi connectivity index (χ4v) is 4.35. The maximum absolute atomic E-state index is 11.8. The Morgan fingerprint density at radius 2 is 1.97 bits per heavy atom.